The van der Waals surface area contributed by atoms with Gasteiger partial charge in [-0.25, -0.2) is 9.37 Å². The Kier molecular flexibility index (Phi) is 3.00. The van der Waals surface area contributed by atoms with Gasteiger partial charge in [-0.1, -0.05) is 0 Å². The van der Waals surface area contributed by atoms with Crippen molar-refractivity contribution >= 4 is 17.2 Å². The number of rotatable bonds is 2. The fraction of sp³-hybridized carbons (Fsp3) is 0.600. The molecule has 1 aromatic rings. The standard InChI is InChI=1S/C10H13FN2OS/c1-6-12-5-9(15-6)10(14)13-8-3-2-7(11)4-8/h5,7-8H,2-4H2,1H3,(H,13,14)/t7-,8-/m1/s1. The average molecular weight is 228 g/mol. The van der Waals surface area contributed by atoms with Crippen molar-refractivity contribution in [2.75, 3.05) is 0 Å². The summed E-state index contributed by atoms with van der Waals surface area (Å²) < 4.78 is 12.9. The van der Waals surface area contributed by atoms with Crippen LogP contribution in [0.5, 0.6) is 0 Å². The number of carbonyl (C=O) groups excluding carboxylic acids is 1. The first kappa shape index (κ1) is 10.5. The predicted molar refractivity (Wildman–Crippen MR) is 56.9 cm³/mol. The fourth-order valence-electron chi connectivity index (χ4n) is 1.78. The summed E-state index contributed by atoms with van der Waals surface area (Å²) >= 11 is 1.36. The van der Waals surface area contributed by atoms with Crippen molar-refractivity contribution in [3.63, 3.8) is 0 Å². The quantitative estimate of drug-likeness (QED) is 0.842. The van der Waals surface area contributed by atoms with Crippen LogP contribution >= 0.6 is 11.3 Å². The van der Waals surface area contributed by atoms with Gasteiger partial charge in [-0.05, 0) is 26.2 Å². The first-order chi connectivity index (χ1) is 7.15. The summed E-state index contributed by atoms with van der Waals surface area (Å²) in [6, 6.07) is -0.00472. The molecule has 82 valence electrons. The molecule has 0 spiro atoms. The number of aromatic nitrogens is 1. The van der Waals surface area contributed by atoms with Crippen LogP contribution < -0.4 is 5.32 Å². The van der Waals surface area contributed by atoms with Crippen LogP contribution in [0, 0.1) is 6.92 Å². The van der Waals surface area contributed by atoms with Crippen molar-refractivity contribution < 1.29 is 9.18 Å². The van der Waals surface area contributed by atoms with Gasteiger partial charge < -0.3 is 5.32 Å². The highest BCUT2D eigenvalue weighted by Crippen LogP contribution is 2.22. The molecule has 5 heteroatoms. The number of hydrogen-bond acceptors (Lipinski definition) is 3. The van der Waals surface area contributed by atoms with E-state index in [0.717, 1.165) is 11.4 Å². The van der Waals surface area contributed by atoms with Gasteiger partial charge in [0.2, 0.25) is 0 Å². The van der Waals surface area contributed by atoms with Crippen molar-refractivity contribution in [2.45, 2.75) is 38.4 Å². The van der Waals surface area contributed by atoms with Gasteiger partial charge in [0.25, 0.3) is 5.91 Å². The number of halogens is 1. The molecule has 1 N–H and O–H groups in total. The lowest BCUT2D eigenvalue weighted by atomic mass is 10.2. The molecule has 1 fully saturated rings. The molecular weight excluding hydrogens is 215 g/mol. The molecule has 2 atom stereocenters. The molecule has 1 aromatic heterocycles. The highest BCUT2D eigenvalue weighted by molar-refractivity contribution is 7.13. The lowest BCUT2D eigenvalue weighted by molar-refractivity contribution is 0.0940. The Balaban J connectivity index is 1.92. The van der Waals surface area contributed by atoms with Crippen LogP contribution in [0.4, 0.5) is 4.39 Å². The van der Waals surface area contributed by atoms with E-state index in [1.807, 2.05) is 6.92 Å². The number of alkyl halides is 1. The van der Waals surface area contributed by atoms with Crippen LogP contribution in [-0.2, 0) is 0 Å². The van der Waals surface area contributed by atoms with Gasteiger partial charge in [-0.3, -0.25) is 4.79 Å². The van der Waals surface area contributed by atoms with E-state index in [0.29, 0.717) is 17.7 Å². The van der Waals surface area contributed by atoms with Crippen LogP contribution in [0.2, 0.25) is 0 Å². The SMILES string of the molecule is Cc1ncc(C(=O)N[C@@H]2CC[C@@H](F)C2)s1. The largest absolute Gasteiger partial charge is 0.348 e. The van der Waals surface area contributed by atoms with Gasteiger partial charge in [-0.15, -0.1) is 11.3 Å². The van der Waals surface area contributed by atoms with Crippen LogP contribution in [0.1, 0.15) is 33.9 Å². The van der Waals surface area contributed by atoms with Crippen LogP contribution in [-0.4, -0.2) is 23.1 Å². The smallest absolute Gasteiger partial charge is 0.263 e. The van der Waals surface area contributed by atoms with Gasteiger partial charge in [0.05, 0.1) is 11.2 Å². The normalized spacial score (nSPS) is 25.5. The van der Waals surface area contributed by atoms with E-state index in [1.165, 1.54) is 11.3 Å². The summed E-state index contributed by atoms with van der Waals surface area (Å²) in [7, 11) is 0. The van der Waals surface area contributed by atoms with Gasteiger partial charge in [0, 0.05) is 6.04 Å². The second-order valence-electron chi connectivity index (χ2n) is 3.82. The number of thiazole rings is 1. The lowest BCUT2D eigenvalue weighted by Gasteiger charge is -2.10. The number of aryl methyl sites for hydroxylation is 1. The number of hydrogen-bond donors (Lipinski definition) is 1. The maximum atomic E-state index is 12.9. The minimum absolute atomic E-state index is 0.00472. The van der Waals surface area contributed by atoms with Gasteiger partial charge in [0.15, 0.2) is 0 Å². The zero-order chi connectivity index (χ0) is 10.8. The van der Waals surface area contributed by atoms with Gasteiger partial charge >= 0.3 is 0 Å². The maximum Gasteiger partial charge on any atom is 0.263 e. The highest BCUT2D eigenvalue weighted by atomic mass is 32.1. The highest BCUT2D eigenvalue weighted by Gasteiger charge is 2.26. The molecule has 1 aliphatic carbocycles. The van der Waals surface area contributed by atoms with E-state index in [-0.39, 0.29) is 11.9 Å². The number of amides is 1. The van der Waals surface area contributed by atoms with E-state index in [1.54, 1.807) is 6.20 Å². The lowest BCUT2D eigenvalue weighted by Crippen LogP contribution is -2.32. The molecule has 1 aliphatic rings. The van der Waals surface area contributed by atoms with Crippen molar-refractivity contribution in [2.24, 2.45) is 0 Å². The third kappa shape index (κ3) is 2.53. The molecule has 2 rings (SSSR count). The Morgan fingerprint density at radius 2 is 2.47 bits per heavy atom. The molecule has 15 heavy (non-hydrogen) atoms. The molecular formula is C10H13FN2OS. The van der Waals surface area contributed by atoms with Gasteiger partial charge in [-0.2, -0.15) is 0 Å². The van der Waals surface area contributed by atoms with E-state index < -0.39 is 6.17 Å². The maximum absolute atomic E-state index is 12.9. The second kappa shape index (κ2) is 4.26. The van der Waals surface area contributed by atoms with Crippen molar-refractivity contribution in [3.05, 3.63) is 16.1 Å². The summed E-state index contributed by atoms with van der Waals surface area (Å²) in [5.74, 6) is -0.125. The number of carbonyl (C=O) groups is 1. The van der Waals surface area contributed by atoms with Crippen LogP contribution in [0.3, 0.4) is 0 Å². The minimum Gasteiger partial charge on any atom is -0.348 e. The number of nitrogens with one attached hydrogen (secondary N) is 1. The molecule has 0 unspecified atom stereocenters. The summed E-state index contributed by atoms with van der Waals surface area (Å²) in [5, 5.41) is 3.70. The average Bonchev–Trinajstić information content (AvgIpc) is 2.75. The van der Waals surface area contributed by atoms with E-state index in [9.17, 15) is 9.18 Å². The predicted octanol–water partition coefficient (Wildman–Crippen LogP) is 2.07. The third-order valence-electron chi connectivity index (χ3n) is 2.55. The van der Waals surface area contributed by atoms with Crippen molar-refractivity contribution in [3.8, 4) is 0 Å². The molecule has 0 aromatic carbocycles. The molecule has 1 heterocycles. The van der Waals surface area contributed by atoms with E-state index in [4.69, 9.17) is 0 Å². The van der Waals surface area contributed by atoms with E-state index >= 15 is 0 Å². The zero-order valence-corrected chi connectivity index (χ0v) is 9.31. The Morgan fingerprint density at radius 1 is 1.67 bits per heavy atom. The van der Waals surface area contributed by atoms with Crippen LogP contribution in [0.15, 0.2) is 6.20 Å². The zero-order valence-electron chi connectivity index (χ0n) is 8.50. The Bertz CT molecular complexity index is 366. The monoisotopic (exact) mass is 228 g/mol. The Labute approximate surface area is 91.7 Å². The topological polar surface area (TPSA) is 42.0 Å². The summed E-state index contributed by atoms with van der Waals surface area (Å²) in [4.78, 5) is 16.3. The van der Waals surface area contributed by atoms with Crippen LogP contribution in [0.25, 0.3) is 0 Å². The molecule has 0 saturated heterocycles. The molecule has 3 nitrogen and oxygen atoms in total. The Hall–Kier alpha value is -0.970. The first-order valence-corrected chi connectivity index (χ1v) is 5.84. The molecule has 0 aliphatic heterocycles. The molecule has 0 radical (unpaired) electrons. The van der Waals surface area contributed by atoms with E-state index in [2.05, 4.69) is 10.3 Å². The van der Waals surface area contributed by atoms with Crippen molar-refractivity contribution in [1.82, 2.24) is 10.3 Å². The summed E-state index contributed by atoms with van der Waals surface area (Å²) in [6.45, 7) is 1.86. The molecule has 1 amide bonds. The van der Waals surface area contributed by atoms with Gasteiger partial charge in [0.1, 0.15) is 11.0 Å². The number of nitrogens with zero attached hydrogens (tertiary/aromatic N) is 1. The summed E-state index contributed by atoms with van der Waals surface area (Å²) in [6.07, 6.45) is 2.57. The minimum atomic E-state index is -0.751. The van der Waals surface area contributed by atoms with Crippen molar-refractivity contribution in [1.29, 1.82) is 0 Å². The molecule has 0 bridgehead atoms. The Morgan fingerprint density at radius 3 is 3.00 bits per heavy atom. The molecule has 1 saturated carbocycles. The summed E-state index contributed by atoms with van der Waals surface area (Å²) in [5.41, 5.74) is 0. The second-order valence-corrected chi connectivity index (χ2v) is 5.06. The fourth-order valence-corrected chi connectivity index (χ4v) is 2.46. The third-order valence-corrected chi connectivity index (χ3v) is 3.46. The first-order valence-electron chi connectivity index (χ1n) is 5.02.